The molecule has 2 N–H and O–H groups in total. The summed E-state index contributed by atoms with van der Waals surface area (Å²) in [6, 6.07) is 8.35. The number of nitrogens with two attached hydrogens (primary N) is 1. The lowest BCUT2D eigenvalue weighted by Gasteiger charge is -2.32. The van der Waals surface area contributed by atoms with E-state index in [0.29, 0.717) is 12.5 Å². The number of hydrogen-bond acceptors (Lipinski definition) is 2. The average molecular weight is 205 g/mol. The third-order valence-corrected chi connectivity index (χ3v) is 2.97. The topological polar surface area (TPSA) is 35.2 Å². The third kappa shape index (κ3) is 2.21. The van der Waals surface area contributed by atoms with Crippen LogP contribution in [0.4, 0.5) is 0 Å². The molecule has 1 heterocycles. The van der Waals surface area contributed by atoms with Gasteiger partial charge in [0.15, 0.2) is 0 Å². The minimum absolute atomic E-state index is 0.0392. The van der Waals surface area contributed by atoms with Gasteiger partial charge in [0.05, 0.1) is 18.8 Å². The first-order chi connectivity index (χ1) is 7.18. The summed E-state index contributed by atoms with van der Waals surface area (Å²) >= 11 is 0. The lowest BCUT2D eigenvalue weighted by molar-refractivity contribution is -0.00338. The quantitative estimate of drug-likeness (QED) is 0.805. The summed E-state index contributed by atoms with van der Waals surface area (Å²) in [5.41, 5.74) is 8.71. The molecule has 2 rings (SSSR count). The highest BCUT2D eigenvalue weighted by molar-refractivity contribution is 5.31. The molecular formula is C13H19NO. The van der Waals surface area contributed by atoms with E-state index in [4.69, 9.17) is 10.5 Å². The zero-order valence-corrected chi connectivity index (χ0v) is 9.44. The zero-order valence-electron chi connectivity index (χ0n) is 9.44. The summed E-state index contributed by atoms with van der Waals surface area (Å²) in [4.78, 5) is 0. The molecule has 1 aliphatic rings. The summed E-state index contributed by atoms with van der Waals surface area (Å²) < 4.78 is 5.80. The van der Waals surface area contributed by atoms with Gasteiger partial charge < -0.3 is 10.5 Å². The van der Waals surface area contributed by atoms with Gasteiger partial charge in [-0.05, 0) is 23.5 Å². The standard InChI is InChI=1S/C13H19NO/c1-9(2)7-12-13(14)11-6-4-3-5-10(11)8-15-12/h3-6,9,12-13H,7-8,14H2,1-2H3/t12-,13+/m1/s1. The molecule has 82 valence electrons. The van der Waals surface area contributed by atoms with Crippen LogP contribution in [0.3, 0.4) is 0 Å². The normalized spacial score (nSPS) is 25.3. The summed E-state index contributed by atoms with van der Waals surface area (Å²) in [7, 11) is 0. The maximum atomic E-state index is 6.21. The molecule has 1 aromatic carbocycles. The van der Waals surface area contributed by atoms with Crippen LogP contribution in [0.5, 0.6) is 0 Å². The predicted octanol–water partition coefficient (Wildman–Crippen LogP) is 2.63. The molecule has 0 aromatic heterocycles. The van der Waals surface area contributed by atoms with Gasteiger partial charge in [-0.3, -0.25) is 0 Å². The van der Waals surface area contributed by atoms with Crippen molar-refractivity contribution >= 4 is 0 Å². The second kappa shape index (κ2) is 4.33. The Kier molecular flexibility index (Phi) is 3.08. The molecule has 0 amide bonds. The van der Waals surface area contributed by atoms with Crippen molar-refractivity contribution in [2.45, 2.75) is 39.0 Å². The summed E-state index contributed by atoms with van der Waals surface area (Å²) in [5.74, 6) is 0.631. The van der Waals surface area contributed by atoms with Crippen molar-refractivity contribution in [2.24, 2.45) is 11.7 Å². The highest BCUT2D eigenvalue weighted by Gasteiger charge is 2.27. The van der Waals surface area contributed by atoms with Crippen LogP contribution in [0.15, 0.2) is 24.3 Å². The van der Waals surface area contributed by atoms with E-state index < -0.39 is 0 Å². The molecule has 0 spiro atoms. The zero-order chi connectivity index (χ0) is 10.8. The monoisotopic (exact) mass is 205 g/mol. The Morgan fingerprint density at radius 3 is 2.87 bits per heavy atom. The Balaban J connectivity index is 2.18. The molecular weight excluding hydrogens is 186 g/mol. The van der Waals surface area contributed by atoms with Gasteiger partial charge in [-0.15, -0.1) is 0 Å². The van der Waals surface area contributed by atoms with Crippen molar-refractivity contribution in [2.75, 3.05) is 0 Å². The molecule has 0 radical (unpaired) electrons. The summed E-state index contributed by atoms with van der Waals surface area (Å²) in [6.45, 7) is 5.12. The van der Waals surface area contributed by atoms with Gasteiger partial charge in [0.2, 0.25) is 0 Å². The van der Waals surface area contributed by atoms with Crippen LogP contribution in [0, 0.1) is 5.92 Å². The van der Waals surface area contributed by atoms with Gasteiger partial charge in [0.25, 0.3) is 0 Å². The van der Waals surface area contributed by atoms with E-state index in [-0.39, 0.29) is 12.1 Å². The minimum Gasteiger partial charge on any atom is -0.372 e. The van der Waals surface area contributed by atoms with Gasteiger partial charge in [0, 0.05) is 0 Å². The number of benzene rings is 1. The predicted molar refractivity (Wildman–Crippen MR) is 61.4 cm³/mol. The van der Waals surface area contributed by atoms with Gasteiger partial charge >= 0.3 is 0 Å². The number of fused-ring (bicyclic) bond motifs is 1. The molecule has 1 aliphatic heterocycles. The maximum Gasteiger partial charge on any atom is 0.0774 e. The van der Waals surface area contributed by atoms with Crippen LogP contribution in [-0.2, 0) is 11.3 Å². The van der Waals surface area contributed by atoms with Crippen molar-refractivity contribution in [1.82, 2.24) is 0 Å². The van der Waals surface area contributed by atoms with E-state index >= 15 is 0 Å². The van der Waals surface area contributed by atoms with E-state index in [1.165, 1.54) is 11.1 Å². The highest BCUT2D eigenvalue weighted by atomic mass is 16.5. The van der Waals surface area contributed by atoms with Crippen molar-refractivity contribution in [3.05, 3.63) is 35.4 Å². The van der Waals surface area contributed by atoms with Gasteiger partial charge in [0.1, 0.15) is 0 Å². The number of rotatable bonds is 2. The number of ether oxygens (including phenoxy) is 1. The van der Waals surface area contributed by atoms with Crippen LogP contribution in [0.25, 0.3) is 0 Å². The van der Waals surface area contributed by atoms with Gasteiger partial charge in [-0.25, -0.2) is 0 Å². The molecule has 15 heavy (non-hydrogen) atoms. The van der Waals surface area contributed by atoms with Crippen LogP contribution in [0.2, 0.25) is 0 Å². The molecule has 2 nitrogen and oxygen atoms in total. The van der Waals surface area contributed by atoms with Gasteiger partial charge in [-0.2, -0.15) is 0 Å². The average Bonchev–Trinajstić information content (AvgIpc) is 2.22. The first-order valence-electron chi connectivity index (χ1n) is 5.63. The second-order valence-corrected chi connectivity index (χ2v) is 4.70. The Labute approximate surface area is 91.4 Å². The molecule has 0 aliphatic carbocycles. The van der Waals surface area contributed by atoms with Crippen molar-refractivity contribution in [3.63, 3.8) is 0 Å². The summed E-state index contributed by atoms with van der Waals surface area (Å²) in [6.07, 6.45) is 1.22. The molecule has 2 atom stereocenters. The van der Waals surface area contributed by atoms with E-state index in [9.17, 15) is 0 Å². The van der Waals surface area contributed by atoms with Crippen LogP contribution in [0.1, 0.15) is 37.4 Å². The fourth-order valence-corrected chi connectivity index (χ4v) is 2.17. The van der Waals surface area contributed by atoms with E-state index in [0.717, 1.165) is 6.42 Å². The Hall–Kier alpha value is -0.860. The fraction of sp³-hybridized carbons (Fsp3) is 0.538. The Bertz CT molecular complexity index is 335. The molecule has 1 aromatic rings. The molecule has 0 bridgehead atoms. The summed E-state index contributed by atoms with van der Waals surface area (Å²) in [5, 5.41) is 0. The van der Waals surface area contributed by atoms with E-state index in [1.807, 2.05) is 6.07 Å². The second-order valence-electron chi connectivity index (χ2n) is 4.70. The Morgan fingerprint density at radius 1 is 1.40 bits per heavy atom. The molecule has 2 heteroatoms. The minimum atomic E-state index is 0.0392. The van der Waals surface area contributed by atoms with Crippen LogP contribution < -0.4 is 5.73 Å². The van der Waals surface area contributed by atoms with Crippen molar-refractivity contribution in [3.8, 4) is 0 Å². The fourth-order valence-electron chi connectivity index (χ4n) is 2.17. The largest absolute Gasteiger partial charge is 0.372 e. The van der Waals surface area contributed by atoms with Crippen molar-refractivity contribution in [1.29, 1.82) is 0 Å². The smallest absolute Gasteiger partial charge is 0.0774 e. The lowest BCUT2D eigenvalue weighted by Crippen LogP contribution is -2.34. The SMILES string of the molecule is CC(C)C[C@H]1OCc2ccccc2[C@@H]1N. The van der Waals surface area contributed by atoms with Crippen molar-refractivity contribution < 1.29 is 4.74 Å². The Morgan fingerprint density at radius 2 is 2.13 bits per heavy atom. The van der Waals surface area contributed by atoms with E-state index in [2.05, 4.69) is 32.0 Å². The maximum absolute atomic E-state index is 6.21. The van der Waals surface area contributed by atoms with E-state index in [1.54, 1.807) is 0 Å². The molecule has 0 fully saturated rings. The van der Waals surface area contributed by atoms with Crippen LogP contribution >= 0.6 is 0 Å². The first kappa shape index (κ1) is 10.7. The molecule has 0 unspecified atom stereocenters. The number of hydrogen-bond donors (Lipinski definition) is 1. The lowest BCUT2D eigenvalue weighted by atomic mass is 9.90. The van der Waals surface area contributed by atoms with Gasteiger partial charge in [-0.1, -0.05) is 38.1 Å². The third-order valence-electron chi connectivity index (χ3n) is 2.97. The highest BCUT2D eigenvalue weighted by Crippen LogP contribution is 2.30. The molecule has 0 saturated carbocycles. The van der Waals surface area contributed by atoms with Crippen LogP contribution in [-0.4, -0.2) is 6.10 Å². The first-order valence-corrected chi connectivity index (χ1v) is 5.63. The molecule has 0 saturated heterocycles.